The van der Waals surface area contributed by atoms with Crippen LogP contribution in [-0.4, -0.2) is 19.9 Å². The zero-order valence-electron chi connectivity index (χ0n) is 11.2. The fourth-order valence-electron chi connectivity index (χ4n) is 1.81. The second-order valence-electron chi connectivity index (χ2n) is 5.10. The van der Waals surface area contributed by atoms with Crippen LogP contribution in [0.15, 0.2) is 23.1 Å². The quantitative estimate of drug-likeness (QED) is 0.683. The van der Waals surface area contributed by atoms with E-state index in [2.05, 4.69) is 4.72 Å². The Balaban J connectivity index is 3.12. The van der Waals surface area contributed by atoms with E-state index >= 15 is 0 Å². The largest absolute Gasteiger partial charge is 0.398 e. The Morgan fingerprint density at radius 1 is 1.37 bits per heavy atom. The second kappa shape index (κ2) is 5.18. The number of hydrogen-bond acceptors (Lipinski definition) is 4. The van der Waals surface area contributed by atoms with Crippen LogP contribution >= 0.6 is 0 Å². The van der Waals surface area contributed by atoms with Gasteiger partial charge in [-0.3, -0.25) is 4.79 Å². The van der Waals surface area contributed by atoms with E-state index in [1.54, 1.807) is 32.9 Å². The molecular weight excluding hydrogens is 266 g/mol. The third-order valence-corrected chi connectivity index (χ3v) is 4.48. The highest BCUT2D eigenvalue weighted by atomic mass is 32.2. The Bertz CT molecular complexity index is 594. The van der Waals surface area contributed by atoms with Gasteiger partial charge in [-0.25, -0.2) is 13.1 Å². The van der Waals surface area contributed by atoms with E-state index in [-0.39, 0.29) is 11.3 Å². The average molecular weight is 285 g/mol. The summed E-state index contributed by atoms with van der Waals surface area (Å²) in [5.41, 5.74) is 10.7. The third kappa shape index (κ3) is 3.93. The van der Waals surface area contributed by atoms with Crippen molar-refractivity contribution >= 4 is 21.6 Å². The first kappa shape index (κ1) is 15.5. The maximum Gasteiger partial charge on any atom is 0.241 e. The van der Waals surface area contributed by atoms with Crippen molar-refractivity contribution in [2.45, 2.75) is 37.6 Å². The van der Waals surface area contributed by atoms with Crippen LogP contribution in [0.5, 0.6) is 0 Å². The molecular formula is C12H19N3O3S. The van der Waals surface area contributed by atoms with E-state index in [0.717, 1.165) is 0 Å². The van der Waals surface area contributed by atoms with E-state index in [1.807, 2.05) is 0 Å². The Labute approximate surface area is 113 Å². The van der Waals surface area contributed by atoms with Gasteiger partial charge in [-0.1, -0.05) is 6.07 Å². The molecule has 0 aliphatic rings. The number of primary amides is 1. The Kier molecular flexibility index (Phi) is 4.21. The predicted octanol–water partition coefficient (Wildman–Crippen LogP) is 0.510. The lowest BCUT2D eigenvalue weighted by Gasteiger charge is -2.25. The minimum Gasteiger partial charge on any atom is -0.398 e. The van der Waals surface area contributed by atoms with Gasteiger partial charge in [0.1, 0.15) is 0 Å². The van der Waals surface area contributed by atoms with Crippen molar-refractivity contribution in [3.8, 4) is 0 Å². The van der Waals surface area contributed by atoms with Crippen LogP contribution in [0, 0.1) is 6.92 Å². The fraction of sp³-hybridized carbons (Fsp3) is 0.417. The molecule has 1 amide bonds. The van der Waals surface area contributed by atoms with Crippen LogP contribution < -0.4 is 16.2 Å². The van der Waals surface area contributed by atoms with E-state index in [0.29, 0.717) is 11.3 Å². The molecule has 0 unspecified atom stereocenters. The number of sulfonamides is 1. The van der Waals surface area contributed by atoms with Crippen LogP contribution in [0.4, 0.5) is 5.69 Å². The highest BCUT2D eigenvalue weighted by molar-refractivity contribution is 7.89. The monoisotopic (exact) mass is 285 g/mol. The van der Waals surface area contributed by atoms with Gasteiger partial charge in [-0.15, -0.1) is 0 Å². The zero-order valence-corrected chi connectivity index (χ0v) is 12.0. The van der Waals surface area contributed by atoms with Crippen molar-refractivity contribution in [2.24, 2.45) is 5.73 Å². The highest BCUT2D eigenvalue weighted by Crippen LogP contribution is 2.22. The maximum absolute atomic E-state index is 12.3. The molecule has 0 bridgehead atoms. The summed E-state index contributed by atoms with van der Waals surface area (Å²) in [6.07, 6.45) is -0.0897. The normalized spacial score (nSPS) is 12.4. The summed E-state index contributed by atoms with van der Waals surface area (Å²) < 4.78 is 27.0. The van der Waals surface area contributed by atoms with Crippen LogP contribution in [0.25, 0.3) is 0 Å². The van der Waals surface area contributed by atoms with Gasteiger partial charge in [0.05, 0.1) is 4.90 Å². The molecule has 0 aliphatic heterocycles. The number of carbonyl (C=O) groups excluding carboxylic acids is 1. The van der Waals surface area contributed by atoms with Crippen molar-refractivity contribution in [2.75, 3.05) is 5.73 Å². The number of anilines is 1. The second-order valence-corrected chi connectivity index (χ2v) is 6.75. The minimum atomic E-state index is -3.75. The number of nitrogens with one attached hydrogen (secondary N) is 1. The summed E-state index contributed by atoms with van der Waals surface area (Å²) in [6, 6.07) is 4.66. The molecule has 1 aromatic rings. The molecule has 6 nitrogen and oxygen atoms in total. The first-order chi connectivity index (χ1) is 8.55. The molecule has 0 saturated carbocycles. The van der Waals surface area contributed by atoms with Crippen molar-refractivity contribution in [3.63, 3.8) is 0 Å². The molecule has 0 fully saturated rings. The zero-order chi connectivity index (χ0) is 14.8. The summed E-state index contributed by atoms with van der Waals surface area (Å²) in [4.78, 5) is 11.0. The lowest BCUT2D eigenvalue weighted by atomic mass is 10.0. The number of amides is 1. The molecule has 0 atom stereocenters. The molecule has 0 aliphatic carbocycles. The number of carbonyl (C=O) groups is 1. The number of nitrogen functional groups attached to an aromatic ring is 1. The Morgan fingerprint density at radius 2 is 1.95 bits per heavy atom. The molecule has 0 heterocycles. The Morgan fingerprint density at radius 3 is 2.47 bits per heavy atom. The minimum absolute atomic E-state index is 0.0897. The standard InChI is InChI=1S/C12H19N3O3S/c1-8-9(13)5-4-6-10(8)19(17,18)15-12(2,3)7-11(14)16/h4-6,15H,7,13H2,1-3H3,(H2,14,16). The summed E-state index contributed by atoms with van der Waals surface area (Å²) in [6.45, 7) is 4.82. The van der Waals surface area contributed by atoms with Gasteiger partial charge in [0.2, 0.25) is 15.9 Å². The number of benzene rings is 1. The summed E-state index contributed by atoms with van der Waals surface area (Å²) in [7, 11) is -3.75. The van der Waals surface area contributed by atoms with Gasteiger partial charge < -0.3 is 11.5 Å². The average Bonchev–Trinajstić information content (AvgIpc) is 2.17. The first-order valence-electron chi connectivity index (χ1n) is 5.72. The van der Waals surface area contributed by atoms with E-state index in [9.17, 15) is 13.2 Å². The summed E-state index contributed by atoms with van der Waals surface area (Å²) in [5, 5.41) is 0. The van der Waals surface area contributed by atoms with E-state index in [1.165, 1.54) is 6.07 Å². The highest BCUT2D eigenvalue weighted by Gasteiger charge is 2.29. The Hall–Kier alpha value is -1.60. The molecule has 5 N–H and O–H groups in total. The van der Waals surface area contributed by atoms with Gasteiger partial charge in [-0.2, -0.15) is 0 Å². The van der Waals surface area contributed by atoms with Gasteiger partial charge >= 0.3 is 0 Å². The molecule has 106 valence electrons. The number of rotatable bonds is 5. The van der Waals surface area contributed by atoms with Crippen molar-refractivity contribution < 1.29 is 13.2 Å². The third-order valence-electron chi connectivity index (χ3n) is 2.64. The molecule has 7 heteroatoms. The van der Waals surface area contributed by atoms with Crippen molar-refractivity contribution in [1.29, 1.82) is 0 Å². The number of hydrogen-bond donors (Lipinski definition) is 3. The molecule has 1 aromatic carbocycles. The topological polar surface area (TPSA) is 115 Å². The molecule has 0 saturated heterocycles. The molecule has 19 heavy (non-hydrogen) atoms. The number of nitrogens with two attached hydrogens (primary N) is 2. The predicted molar refractivity (Wildman–Crippen MR) is 73.8 cm³/mol. The molecule has 0 aromatic heterocycles. The van der Waals surface area contributed by atoms with Crippen LogP contribution in [0.3, 0.4) is 0 Å². The molecule has 1 rings (SSSR count). The van der Waals surface area contributed by atoms with Crippen LogP contribution in [-0.2, 0) is 14.8 Å². The smallest absolute Gasteiger partial charge is 0.241 e. The fourth-order valence-corrected chi connectivity index (χ4v) is 3.50. The van der Waals surface area contributed by atoms with Crippen LogP contribution in [0.1, 0.15) is 25.8 Å². The summed E-state index contributed by atoms with van der Waals surface area (Å²) >= 11 is 0. The van der Waals surface area contributed by atoms with Crippen molar-refractivity contribution in [3.05, 3.63) is 23.8 Å². The van der Waals surface area contributed by atoms with Crippen LogP contribution in [0.2, 0.25) is 0 Å². The SMILES string of the molecule is Cc1c(N)cccc1S(=O)(=O)NC(C)(C)CC(N)=O. The van der Waals surface area contributed by atoms with Gasteiger partial charge in [0.25, 0.3) is 0 Å². The van der Waals surface area contributed by atoms with E-state index < -0.39 is 21.5 Å². The summed E-state index contributed by atoms with van der Waals surface area (Å²) in [5.74, 6) is -0.572. The molecule has 0 spiro atoms. The lowest BCUT2D eigenvalue weighted by molar-refractivity contribution is -0.119. The van der Waals surface area contributed by atoms with Crippen molar-refractivity contribution in [1.82, 2.24) is 4.72 Å². The van der Waals surface area contributed by atoms with Gasteiger partial charge in [-0.05, 0) is 38.5 Å². The lowest BCUT2D eigenvalue weighted by Crippen LogP contribution is -2.46. The maximum atomic E-state index is 12.3. The molecule has 0 radical (unpaired) electrons. The first-order valence-corrected chi connectivity index (χ1v) is 7.21. The van der Waals surface area contributed by atoms with E-state index in [4.69, 9.17) is 11.5 Å². The van der Waals surface area contributed by atoms with Gasteiger partial charge in [0, 0.05) is 17.6 Å². The van der Waals surface area contributed by atoms with Gasteiger partial charge in [0.15, 0.2) is 0 Å².